The van der Waals surface area contributed by atoms with E-state index in [1.807, 2.05) is 0 Å². The van der Waals surface area contributed by atoms with Crippen LogP contribution in [0.2, 0.25) is 0 Å². The SMILES string of the molecule is CC1(C)c2ccccc2-c2ccc(-c3ccc(N(c4ccc(-c5cccc6c5-c5ccccc5C65c6ccccc6N(c6ccccc6)c6ccccc65)cc4)c4cccc(-c5cccc(-c6ccc(N7c8ccccc8C8(c9ccccc9-c9c(-c%10ccc(N(c%11ccc(-c%12ccc%13c(c%12)C(C)(C)c%12ccccc%12-%13)cc%11)c%11ccccc%11-c%11ccccc%11)cc%10)cccc98)c8ccccc87)cc6)c5)c4)cc3)cc21. The second-order valence-electron chi connectivity index (χ2n) is 40.4. The van der Waals surface area contributed by atoms with E-state index in [1.54, 1.807) is 0 Å². The van der Waals surface area contributed by atoms with Gasteiger partial charge in [-0.3, -0.25) is 0 Å². The molecule has 4 nitrogen and oxygen atoms in total. The van der Waals surface area contributed by atoms with Gasteiger partial charge in [-0.1, -0.05) is 416 Å². The average molecular weight is 1840 g/mol. The van der Waals surface area contributed by atoms with Crippen molar-refractivity contribution in [1.29, 1.82) is 0 Å². The Kier molecular flexibility index (Phi) is 19.2. The van der Waals surface area contributed by atoms with Crippen LogP contribution in [-0.4, -0.2) is 0 Å². The molecule has 0 saturated heterocycles. The van der Waals surface area contributed by atoms with Gasteiger partial charge in [-0.2, -0.15) is 0 Å². The van der Waals surface area contributed by atoms with Gasteiger partial charge in [-0.25, -0.2) is 0 Å². The first-order valence-electron chi connectivity index (χ1n) is 50.4. The summed E-state index contributed by atoms with van der Waals surface area (Å²) in [7, 11) is 0. The molecule has 4 heteroatoms. The van der Waals surface area contributed by atoms with Gasteiger partial charge in [0, 0.05) is 56.2 Å². The van der Waals surface area contributed by atoms with Gasteiger partial charge in [-0.15, -0.1) is 0 Å². The number of nitrogens with zero attached hydrogens (tertiary/aromatic N) is 4. The van der Waals surface area contributed by atoms with E-state index in [2.05, 4.69) is 569 Å². The predicted octanol–water partition coefficient (Wildman–Crippen LogP) is 37.2. The predicted molar refractivity (Wildman–Crippen MR) is 600 cm³/mol. The molecule has 678 valence electrons. The van der Waals surface area contributed by atoms with Crippen LogP contribution in [-0.2, 0) is 21.7 Å². The van der Waals surface area contributed by atoms with Crippen molar-refractivity contribution in [2.75, 3.05) is 19.6 Å². The summed E-state index contributed by atoms with van der Waals surface area (Å²) in [4.78, 5) is 9.83. The van der Waals surface area contributed by atoms with Gasteiger partial charge in [0.15, 0.2) is 0 Å². The molecule has 2 aliphatic heterocycles. The van der Waals surface area contributed by atoms with Crippen molar-refractivity contribution in [3.63, 3.8) is 0 Å². The van der Waals surface area contributed by atoms with E-state index < -0.39 is 10.8 Å². The average Bonchev–Trinajstić information content (AvgIpc) is 1.50. The normalized spacial score (nSPS) is 14.0. The van der Waals surface area contributed by atoms with Crippen LogP contribution >= 0.6 is 0 Å². The van der Waals surface area contributed by atoms with Crippen LogP contribution in [0.1, 0.15) is 94.5 Å². The zero-order chi connectivity index (χ0) is 95.7. The Morgan fingerprint density at radius 2 is 0.431 bits per heavy atom. The first-order valence-corrected chi connectivity index (χ1v) is 50.4. The number of rotatable bonds is 15. The second-order valence-corrected chi connectivity index (χ2v) is 40.4. The zero-order valence-electron chi connectivity index (χ0n) is 80.4. The Hall–Kier alpha value is -18.0. The van der Waals surface area contributed by atoms with Crippen molar-refractivity contribution in [2.45, 2.75) is 49.4 Å². The van der Waals surface area contributed by atoms with Crippen molar-refractivity contribution < 1.29 is 0 Å². The van der Waals surface area contributed by atoms with E-state index in [4.69, 9.17) is 0 Å². The highest BCUT2D eigenvalue weighted by molar-refractivity contribution is 6.04. The number of anilines is 12. The van der Waals surface area contributed by atoms with E-state index in [1.165, 1.54) is 156 Å². The lowest BCUT2D eigenvalue weighted by Gasteiger charge is -2.45. The van der Waals surface area contributed by atoms with Gasteiger partial charge in [0.2, 0.25) is 0 Å². The molecule has 4 aliphatic carbocycles. The van der Waals surface area contributed by atoms with Crippen molar-refractivity contribution in [2.24, 2.45) is 0 Å². The van der Waals surface area contributed by atoms with Crippen molar-refractivity contribution in [1.82, 2.24) is 0 Å². The lowest BCUT2D eigenvalue weighted by molar-refractivity contribution is 0.660. The summed E-state index contributed by atoms with van der Waals surface area (Å²) in [5.74, 6) is 0. The molecule has 0 unspecified atom stereocenters. The van der Waals surface area contributed by atoms with Gasteiger partial charge in [0.25, 0.3) is 0 Å². The first-order chi connectivity index (χ1) is 70.9. The van der Waals surface area contributed by atoms with E-state index in [9.17, 15) is 0 Å². The Bertz CT molecular complexity index is 8840. The number of para-hydroxylation sites is 6. The van der Waals surface area contributed by atoms with Gasteiger partial charge >= 0.3 is 0 Å². The van der Waals surface area contributed by atoms with Crippen molar-refractivity contribution >= 4 is 68.2 Å². The molecule has 2 spiro atoms. The fraction of sp³-hybridized carbons (Fsp3) is 0.0571. The summed E-state index contributed by atoms with van der Waals surface area (Å²) < 4.78 is 0. The van der Waals surface area contributed by atoms with Crippen LogP contribution in [0.5, 0.6) is 0 Å². The molecule has 144 heavy (non-hydrogen) atoms. The minimum Gasteiger partial charge on any atom is -0.310 e. The number of fused-ring (bicyclic) bond motifs is 24. The third-order valence-corrected chi connectivity index (χ3v) is 32.3. The fourth-order valence-electron chi connectivity index (χ4n) is 25.8. The molecular formula is C140H98N4. The van der Waals surface area contributed by atoms with Gasteiger partial charge in [-0.05, 0) is 317 Å². The van der Waals surface area contributed by atoms with Crippen molar-refractivity contribution in [3.05, 3.63) is 588 Å². The molecule has 22 aromatic carbocycles. The van der Waals surface area contributed by atoms with Crippen LogP contribution in [0.25, 0.3) is 122 Å². The maximum absolute atomic E-state index is 2.50. The summed E-state index contributed by atoms with van der Waals surface area (Å²) >= 11 is 0. The zero-order valence-corrected chi connectivity index (χ0v) is 80.4. The van der Waals surface area contributed by atoms with Gasteiger partial charge < -0.3 is 19.6 Å². The van der Waals surface area contributed by atoms with E-state index >= 15 is 0 Å². The Morgan fingerprint density at radius 3 is 0.875 bits per heavy atom. The highest BCUT2D eigenvalue weighted by atomic mass is 15.2. The summed E-state index contributed by atoms with van der Waals surface area (Å²) in [6.45, 7) is 9.46. The molecule has 28 rings (SSSR count). The third-order valence-electron chi connectivity index (χ3n) is 32.3. The summed E-state index contributed by atoms with van der Waals surface area (Å²) in [5.41, 5.74) is 54.3. The molecule has 0 bridgehead atoms. The number of hydrogen-bond donors (Lipinski definition) is 0. The van der Waals surface area contributed by atoms with E-state index in [0.29, 0.717) is 0 Å². The van der Waals surface area contributed by atoms with Crippen LogP contribution < -0.4 is 19.6 Å². The molecule has 0 atom stereocenters. The van der Waals surface area contributed by atoms with Crippen LogP contribution in [0.4, 0.5) is 68.2 Å². The quantitative estimate of drug-likeness (QED) is 0.101. The van der Waals surface area contributed by atoms with Gasteiger partial charge in [0.05, 0.1) is 39.3 Å². The molecule has 0 aromatic heterocycles. The molecule has 0 radical (unpaired) electrons. The molecule has 2 heterocycles. The largest absolute Gasteiger partial charge is 0.310 e. The van der Waals surface area contributed by atoms with E-state index in [-0.39, 0.29) is 10.8 Å². The topological polar surface area (TPSA) is 13.0 Å². The second kappa shape index (κ2) is 32.8. The highest BCUT2D eigenvalue weighted by Gasteiger charge is 2.55. The molecule has 22 aromatic rings. The first kappa shape index (κ1) is 84.1. The third kappa shape index (κ3) is 12.7. The minimum atomic E-state index is -0.650. The maximum Gasteiger partial charge on any atom is 0.0754 e. The number of hydrogen-bond acceptors (Lipinski definition) is 4. The summed E-state index contributed by atoms with van der Waals surface area (Å²) in [5, 5.41) is 0. The van der Waals surface area contributed by atoms with Crippen LogP contribution in [0, 0.1) is 0 Å². The Balaban J connectivity index is 0.503. The highest BCUT2D eigenvalue weighted by Crippen LogP contribution is 2.68. The molecule has 0 N–H and O–H groups in total. The van der Waals surface area contributed by atoms with E-state index in [0.717, 1.165) is 101 Å². The maximum atomic E-state index is 2.50. The monoisotopic (exact) mass is 1830 g/mol. The van der Waals surface area contributed by atoms with Crippen molar-refractivity contribution in [3.8, 4) is 122 Å². The standard InChI is InChI=1S/C140H98N4/c1-137(2)118-48-16-11-42-112(118)114-85-73-100(89-128(114)137)92-63-75-103(76-64-92)141(104-81-69-95(70-82-104)110-46-31-56-126-135(110)116-44-13-18-50-120(116)139(126)122-52-20-25-59-131(122)143(102-38-9-6-10-39-102)132-60-26-21-53-123(132)139)108-40-30-37-99(88-108)98-36-29-35-97(87-98)91-67-79-107(80-68-91)144-133-61-27-22-54-124(133)140(125-55-23-28-62-134(125)144)121-51-19-14-45-117(121)136-111(47-32-57-127(136)140)96-71-83-106(84-72-96)142(130-58-24-15-41-109(130)94-33-7-5-8-34-94)105-77-65-93(66-78-105)101-74-86-115-113-43-12-17-49-119(113)138(3,4)129(115)90-101/h5-90H,1-4H3. The molecule has 0 amide bonds. The Labute approximate surface area is 842 Å². The molecular weight excluding hydrogens is 1740 g/mol. The molecule has 6 aliphatic rings. The fourth-order valence-corrected chi connectivity index (χ4v) is 25.8. The van der Waals surface area contributed by atoms with Gasteiger partial charge in [0.1, 0.15) is 0 Å². The molecule has 0 saturated carbocycles. The van der Waals surface area contributed by atoms with Crippen LogP contribution in [0.15, 0.2) is 522 Å². The molecule has 0 fully saturated rings. The number of benzene rings is 22. The smallest absolute Gasteiger partial charge is 0.0754 e. The Morgan fingerprint density at radius 1 is 0.153 bits per heavy atom. The minimum absolute atomic E-state index is 0.0961. The van der Waals surface area contributed by atoms with Crippen LogP contribution in [0.3, 0.4) is 0 Å². The summed E-state index contributed by atoms with van der Waals surface area (Å²) in [6, 6.07) is 196. The lowest BCUT2D eigenvalue weighted by Crippen LogP contribution is -2.36. The lowest BCUT2D eigenvalue weighted by atomic mass is 9.64. The summed E-state index contributed by atoms with van der Waals surface area (Å²) in [6.07, 6.45) is 0.